The summed E-state index contributed by atoms with van der Waals surface area (Å²) in [5.41, 5.74) is 26.7. The minimum absolute atomic E-state index is 0.293. The van der Waals surface area contributed by atoms with Crippen LogP contribution in [-0.4, -0.2) is 11.8 Å². The molecule has 0 bridgehead atoms. The summed E-state index contributed by atoms with van der Waals surface area (Å²) in [7, 11) is 0. The predicted octanol–water partition coefficient (Wildman–Crippen LogP) is 6.18. The molecule has 43 heavy (non-hydrogen) atoms. The Kier molecular flexibility index (Phi) is 8.03. The Morgan fingerprint density at radius 3 is 1.35 bits per heavy atom. The van der Waals surface area contributed by atoms with Gasteiger partial charge in [0.2, 0.25) is 11.8 Å². The van der Waals surface area contributed by atoms with Crippen LogP contribution in [0, 0.1) is 0 Å². The van der Waals surface area contributed by atoms with Gasteiger partial charge in [0.25, 0.3) is 0 Å². The monoisotopic (exact) mass is 572 g/mol. The summed E-state index contributed by atoms with van der Waals surface area (Å²) in [5, 5.41) is 0. The second-order valence-corrected chi connectivity index (χ2v) is 10.5. The first-order valence-corrected chi connectivity index (χ1v) is 13.6. The number of carbonyl (C=O) groups excluding carboxylic acids is 2. The highest BCUT2D eigenvalue weighted by Gasteiger charge is 2.31. The number of nitrogens with two attached hydrogens (primary N) is 4. The molecule has 5 aromatic carbocycles. The van der Waals surface area contributed by atoms with Crippen molar-refractivity contribution in [2.24, 2.45) is 11.5 Å². The largest absolute Gasteiger partial charge is 0.457 e. The quantitative estimate of drug-likeness (QED) is 0.146. The van der Waals surface area contributed by atoms with Crippen LogP contribution in [0.1, 0.15) is 44.3 Å². The Bertz CT molecular complexity index is 1660. The molecular formula is C35H32N4O4. The highest BCUT2D eigenvalue weighted by Crippen LogP contribution is 2.39. The summed E-state index contributed by atoms with van der Waals surface area (Å²) in [6.07, 6.45) is 0.350. The molecule has 0 aliphatic carbocycles. The van der Waals surface area contributed by atoms with Crippen molar-refractivity contribution in [1.82, 2.24) is 0 Å². The van der Waals surface area contributed by atoms with Gasteiger partial charge < -0.3 is 32.4 Å². The van der Waals surface area contributed by atoms with Gasteiger partial charge in [-0.25, -0.2) is 0 Å². The lowest BCUT2D eigenvalue weighted by Crippen LogP contribution is -2.28. The lowest BCUT2D eigenvalue weighted by molar-refractivity contribution is 0.0987. The fraction of sp³-hybridized carbons (Fsp3) is 0.0857. The molecule has 0 aliphatic rings. The summed E-state index contributed by atoms with van der Waals surface area (Å²) >= 11 is 0. The molecule has 0 fully saturated rings. The molecule has 5 rings (SSSR count). The van der Waals surface area contributed by atoms with E-state index >= 15 is 0 Å². The van der Waals surface area contributed by atoms with Crippen LogP contribution in [0.15, 0.2) is 115 Å². The number of benzene rings is 5. The summed E-state index contributed by atoms with van der Waals surface area (Å²) in [5.74, 6) is 1.44. The maximum absolute atomic E-state index is 12.4. The average molecular weight is 573 g/mol. The predicted molar refractivity (Wildman–Crippen MR) is 168 cm³/mol. The van der Waals surface area contributed by atoms with Gasteiger partial charge in [-0.15, -0.1) is 0 Å². The second-order valence-electron chi connectivity index (χ2n) is 10.5. The van der Waals surface area contributed by atoms with Gasteiger partial charge >= 0.3 is 0 Å². The normalized spacial score (nSPS) is 11.1. The number of ether oxygens (including phenoxy) is 2. The zero-order chi connectivity index (χ0) is 30.6. The zero-order valence-corrected chi connectivity index (χ0v) is 23.6. The first-order chi connectivity index (χ1) is 20.6. The van der Waals surface area contributed by atoms with Crippen LogP contribution in [0.5, 0.6) is 23.0 Å². The summed E-state index contributed by atoms with van der Waals surface area (Å²) in [6, 6.07) is 34.5. The molecule has 0 saturated carbocycles. The van der Waals surface area contributed by atoms with E-state index in [1.165, 1.54) is 6.07 Å². The molecule has 0 aliphatic heterocycles. The molecule has 0 spiro atoms. The maximum Gasteiger partial charge on any atom is 0.248 e. The topological polar surface area (TPSA) is 157 Å². The van der Waals surface area contributed by atoms with Gasteiger partial charge in [-0.1, -0.05) is 31.2 Å². The number of nitrogen functional groups attached to an aromatic ring is 2. The Morgan fingerprint density at radius 1 is 0.581 bits per heavy atom. The Labute approximate surface area is 249 Å². The standard InChI is InChI=1S/C35H32N4O4/c1-35(21-23-20-22(33(38)40)2-19-32(23)34(39)41,24-3-11-28(12-4-24)42-30-15-7-26(36)8-16-30)25-5-13-29(14-6-25)43-31-17-9-27(37)10-18-31/h2-20H,21,36-37H2,1H3,(H2,38,40)(H2,39,41). The smallest absolute Gasteiger partial charge is 0.248 e. The van der Waals surface area contributed by atoms with Gasteiger partial charge in [0, 0.05) is 27.9 Å². The Balaban J connectivity index is 1.52. The van der Waals surface area contributed by atoms with Crippen LogP contribution >= 0.6 is 0 Å². The van der Waals surface area contributed by atoms with Crippen molar-refractivity contribution in [2.75, 3.05) is 11.5 Å². The zero-order valence-electron chi connectivity index (χ0n) is 23.6. The molecule has 0 atom stereocenters. The van der Waals surface area contributed by atoms with E-state index in [0.717, 1.165) is 11.1 Å². The molecule has 2 amide bonds. The van der Waals surface area contributed by atoms with Crippen molar-refractivity contribution in [3.63, 3.8) is 0 Å². The first-order valence-electron chi connectivity index (χ1n) is 13.6. The van der Waals surface area contributed by atoms with Crippen LogP contribution in [0.25, 0.3) is 0 Å². The van der Waals surface area contributed by atoms with E-state index in [0.29, 0.717) is 57.5 Å². The highest BCUT2D eigenvalue weighted by atomic mass is 16.5. The Morgan fingerprint density at radius 2 is 0.977 bits per heavy atom. The molecule has 8 nitrogen and oxygen atoms in total. The van der Waals surface area contributed by atoms with Gasteiger partial charge in [-0.05, 0) is 114 Å². The third kappa shape index (κ3) is 6.60. The molecule has 0 saturated heterocycles. The van der Waals surface area contributed by atoms with Crippen molar-refractivity contribution in [1.29, 1.82) is 0 Å². The van der Waals surface area contributed by atoms with Crippen LogP contribution in [0.4, 0.5) is 11.4 Å². The molecule has 0 aromatic heterocycles. The maximum atomic E-state index is 12.4. The van der Waals surface area contributed by atoms with E-state index in [1.54, 1.807) is 60.7 Å². The summed E-state index contributed by atoms with van der Waals surface area (Å²) in [6.45, 7) is 2.07. The van der Waals surface area contributed by atoms with Crippen molar-refractivity contribution >= 4 is 23.2 Å². The molecule has 0 unspecified atom stereocenters. The number of hydrogen-bond acceptors (Lipinski definition) is 6. The molecule has 8 heteroatoms. The van der Waals surface area contributed by atoms with Gasteiger partial charge in [-0.3, -0.25) is 9.59 Å². The third-order valence-corrected chi connectivity index (χ3v) is 7.41. The number of rotatable bonds is 10. The summed E-state index contributed by atoms with van der Waals surface area (Å²) in [4.78, 5) is 24.4. The highest BCUT2D eigenvalue weighted by molar-refractivity contribution is 5.98. The van der Waals surface area contributed by atoms with Gasteiger partial charge in [0.15, 0.2) is 0 Å². The molecule has 8 N–H and O–H groups in total. The summed E-state index contributed by atoms with van der Waals surface area (Å²) < 4.78 is 12.0. The van der Waals surface area contributed by atoms with E-state index in [4.69, 9.17) is 32.4 Å². The minimum atomic E-state index is -0.667. The van der Waals surface area contributed by atoms with Crippen LogP contribution in [-0.2, 0) is 11.8 Å². The number of hydrogen-bond donors (Lipinski definition) is 4. The average Bonchev–Trinajstić information content (AvgIpc) is 3.00. The van der Waals surface area contributed by atoms with E-state index in [2.05, 4.69) is 6.92 Å². The van der Waals surface area contributed by atoms with E-state index in [9.17, 15) is 9.59 Å². The Hall–Kier alpha value is -5.76. The fourth-order valence-corrected chi connectivity index (χ4v) is 5.01. The van der Waals surface area contributed by atoms with Crippen LogP contribution in [0.3, 0.4) is 0 Å². The number of amides is 2. The number of carbonyl (C=O) groups is 2. The van der Waals surface area contributed by atoms with Crippen molar-refractivity contribution in [3.8, 4) is 23.0 Å². The van der Waals surface area contributed by atoms with E-state index in [1.807, 2.05) is 48.5 Å². The molecule has 0 radical (unpaired) electrons. The first kappa shape index (κ1) is 28.8. The van der Waals surface area contributed by atoms with Crippen molar-refractivity contribution in [2.45, 2.75) is 18.8 Å². The van der Waals surface area contributed by atoms with Crippen molar-refractivity contribution < 1.29 is 19.1 Å². The number of anilines is 2. The lowest BCUT2D eigenvalue weighted by atomic mass is 9.71. The molecule has 0 heterocycles. The van der Waals surface area contributed by atoms with Gasteiger partial charge in [0.1, 0.15) is 23.0 Å². The second kappa shape index (κ2) is 12.0. The molecular weight excluding hydrogens is 540 g/mol. The lowest BCUT2D eigenvalue weighted by Gasteiger charge is -2.32. The fourth-order valence-electron chi connectivity index (χ4n) is 5.01. The minimum Gasteiger partial charge on any atom is -0.457 e. The molecule has 5 aromatic rings. The SMILES string of the molecule is CC(Cc1cc(C(N)=O)ccc1C(N)=O)(c1ccc(Oc2ccc(N)cc2)cc1)c1ccc(Oc2ccc(N)cc2)cc1. The van der Waals surface area contributed by atoms with Crippen molar-refractivity contribution in [3.05, 3.63) is 143 Å². The van der Waals surface area contributed by atoms with E-state index in [-0.39, 0.29) is 0 Å². The van der Waals surface area contributed by atoms with Crippen LogP contribution < -0.4 is 32.4 Å². The third-order valence-electron chi connectivity index (χ3n) is 7.41. The number of primary amides is 2. The molecule has 216 valence electrons. The van der Waals surface area contributed by atoms with E-state index < -0.39 is 17.2 Å². The van der Waals surface area contributed by atoms with Gasteiger partial charge in [-0.2, -0.15) is 0 Å². The van der Waals surface area contributed by atoms with Crippen LogP contribution in [0.2, 0.25) is 0 Å². The van der Waals surface area contributed by atoms with Gasteiger partial charge in [0.05, 0.1) is 0 Å².